The first-order chi connectivity index (χ1) is 10.2. The summed E-state index contributed by atoms with van der Waals surface area (Å²) in [7, 11) is 0. The van der Waals surface area contributed by atoms with Crippen LogP contribution in [0.5, 0.6) is 5.75 Å². The van der Waals surface area contributed by atoms with Gasteiger partial charge >= 0.3 is 5.97 Å². The van der Waals surface area contributed by atoms with Gasteiger partial charge in [-0.3, -0.25) is 9.59 Å². The Morgan fingerprint density at radius 3 is 2.43 bits per heavy atom. The molecule has 1 fully saturated rings. The normalized spacial score (nSPS) is 15.6. The number of para-hydroxylation sites is 1. The van der Waals surface area contributed by atoms with Gasteiger partial charge in [-0.1, -0.05) is 18.2 Å². The van der Waals surface area contributed by atoms with Gasteiger partial charge in [0.1, 0.15) is 19.0 Å². The second-order valence-electron chi connectivity index (χ2n) is 5.11. The Morgan fingerprint density at radius 1 is 1.14 bits per heavy atom. The molecule has 0 radical (unpaired) electrons. The van der Waals surface area contributed by atoms with E-state index in [0.29, 0.717) is 32.5 Å². The Hall–Kier alpha value is -2.04. The van der Waals surface area contributed by atoms with E-state index in [-0.39, 0.29) is 24.4 Å². The summed E-state index contributed by atoms with van der Waals surface area (Å²) in [6, 6.07) is 9.42. The largest absolute Gasteiger partial charge is 0.490 e. The predicted octanol–water partition coefficient (Wildman–Crippen LogP) is 1.87. The molecule has 2 rings (SSSR count). The highest BCUT2D eigenvalue weighted by atomic mass is 16.6. The summed E-state index contributed by atoms with van der Waals surface area (Å²) in [6.45, 7) is 3.42. The number of ether oxygens (including phenoxy) is 2. The van der Waals surface area contributed by atoms with Gasteiger partial charge in [-0.2, -0.15) is 0 Å². The van der Waals surface area contributed by atoms with E-state index in [4.69, 9.17) is 9.47 Å². The molecule has 1 aromatic rings. The Kier molecular flexibility index (Phi) is 5.60. The SMILES string of the molecule is CC(=O)N1CCC(C(=O)OCCOc2ccccc2)CC1. The molecule has 1 heterocycles. The maximum atomic E-state index is 11.9. The maximum absolute atomic E-state index is 11.9. The van der Waals surface area contributed by atoms with Crippen molar-refractivity contribution in [1.29, 1.82) is 0 Å². The van der Waals surface area contributed by atoms with E-state index < -0.39 is 0 Å². The van der Waals surface area contributed by atoms with Gasteiger partial charge in [-0.05, 0) is 25.0 Å². The molecular weight excluding hydrogens is 270 g/mol. The van der Waals surface area contributed by atoms with Crippen molar-refractivity contribution in [3.63, 3.8) is 0 Å². The molecule has 1 amide bonds. The van der Waals surface area contributed by atoms with E-state index in [1.807, 2.05) is 30.3 Å². The van der Waals surface area contributed by atoms with Crippen molar-refractivity contribution < 1.29 is 19.1 Å². The van der Waals surface area contributed by atoms with Crippen LogP contribution in [0.15, 0.2) is 30.3 Å². The molecule has 0 spiro atoms. The van der Waals surface area contributed by atoms with Crippen LogP contribution in [0, 0.1) is 5.92 Å². The van der Waals surface area contributed by atoms with Crippen molar-refractivity contribution in [3.8, 4) is 5.75 Å². The lowest BCUT2D eigenvalue weighted by atomic mass is 9.97. The van der Waals surface area contributed by atoms with Gasteiger partial charge in [0.05, 0.1) is 5.92 Å². The molecule has 21 heavy (non-hydrogen) atoms. The topological polar surface area (TPSA) is 55.8 Å². The minimum atomic E-state index is -0.185. The summed E-state index contributed by atoms with van der Waals surface area (Å²) in [4.78, 5) is 24.9. The van der Waals surface area contributed by atoms with E-state index in [1.54, 1.807) is 11.8 Å². The Morgan fingerprint density at radius 2 is 1.81 bits per heavy atom. The third-order valence-electron chi connectivity index (χ3n) is 3.61. The minimum absolute atomic E-state index is 0.0677. The fourth-order valence-corrected chi connectivity index (χ4v) is 2.37. The number of nitrogens with zero attached hydrogens (tertiary/aromatic N) is 1. The monoisotopic (exact) mass is 291 g/mol. The summed E-state index contributed by atoms with van der Waals surface area (Å²) in [5, 5.41) is 0. The lowest BCUT2D eigenvalue weighted by molar-refractivity contribution is -0.152. The van der Waals surface area contributed by atoms with Gasteiger partial charge in [0.2, 0.25) is 5.91 Å². The number of benzene rings is 1. The number of carbonyl (C=O) groups is 2. The molecule has 1 saturated heterocycles. The molecule has 0 bridgehead atoms. The van der Waals surface area contributed by atoms with Crippen LogP contribution in [-0.2, 0) is 14.3 Å². The van der Waals surface area contributed by atoms with Crippen molar-refractivity contribution in [3.05, 3.63) is 30.3 Å². The molecule has 0 saturated carbocycles. The summed E-state index contributed by atoms with van der Waals surface area (Å²) in [6.07, 6.45) is 1.36. The molecule has 0 aromatic heterocycles. The van der Waals surface area contributed by atoms with Gasteiger partial charge in [-0.25, -0.2) is 0 Å². The van der Waals surface area contributed by atoms with Crippen LogP contribution >= 0.6 is 0 Å². The van der Waals surface area contributed by atoms with Crippen molar-refractivity contribution in [2.75, 3.05) is 26.3 Å². The van der Waals surface area contributed by atoms with Gasteiger partial charge in [0.25, 0.3) is 0 Å². The number of carbonyl (C=O) groups excluding carboxylic acids is 2. The quantitative estimate of drug-likeness (QED) is 0.614. The Bertz CT molecular complexity index is 466. The average Bonchev–Trinajstić information content (AvgIpc) is 2.52. The fraction of sp³-hybridized carbons (Fsp3) is 0.500. The van der Waals surface area contributed by atoms with Gasteiger partial charge in [0, 0.05) is 20.0 Å². The van der Waals surface area contributed by atoms with E-state index >= 15 is 0 Å². The van der Waals surface area contributed by atoms with Gasteiger partial charge in [-0.15, -0.1) is 0 Å². The number of likely N-dealkylation sites (tertiary alicyclic amines) is 1. The van der Waals surface area contributed by atoms with Crippen LogP contribution in [0.4, 0.5) is 0 Å². The van der Waals surface area contributed by atoms with Crippen LogP contribution in [0.25, 0.3) is 0 Å². The van der Waals surface area contributed by atoms with Gasteiger partial charge < -0.3 is 14.4 Å². The van der Waals surface area contributed by atoms with Crippen LogP contribution in [0.1, 0.15) is 19.8 Å². The van der Waals surface area contributed by atoms with Crippen LogP contribution < -0.4 is 4.74 Å². The predicted molar refractivity (Wildman–Crippen MR) is 77.9 cm³/mol. The third kappa shape index (κ3) is 4.77. The molecule has 1 aliphatic rings. The van der Waals surface area contributed by atoms with Crippen molar-refractivity contribution in [1.82, 2.24) is 4.90 Å². The second-order valence-corrected chi connectivity index (χ2v) is 5.11. The first-order valence-corrected chi connectivity index (χ1v) is 7.27. The molecule has 1 aromatic carbocycles. The minimum Gasteiger partial charge on any atom is -0.490 e. The summed E-state index contributed by atoms with van der Waals surface area (Å²) < 4.78 is 10.7. The van der Waals surface area contributed by atoms with Crippen molar-refractivity contribution in [2.45, 2.75) is 19.8 Å². The molecular formula is C16H21NO4. The molecule has 0 aliphatic carbocycles. The highest BCUT2D eigenvalue weighted by Gasteiger charge is 2.26. The maximum Gasteiger partial charge on any atom is 0.309 e. The number of piperidine rings is 1. The van der Waals surface area contributed by atoms with Gasteiger partial charge in [0.15, 0.2) is 0 Å². The standard InChI is InChI=1S/C16H21NO4/c1-13(18)17-9-7-14(8-10-17)16(19)21-12-11-20-15-5-3-2-4-6-15/h2-6,14H,7-12H2,1H3. The molecule has 5 heteroatoms. The molecule has 0 unspecified atom stereocenters. The van der Waals surface area contributed by atoms with E-state index in [9.17, 15) is 9.59 Å². The number of amides is 1. The first-order valence-electron chi connectivity index (χ1n) is 7.27. The molecule has 0 N–H and O–H groups in total. The van der Waals surface area contributed by atoms with E-state index in [1.165, 1.54) is 0 Å². The summed E-state index contributed by atoms with van der Waals surface area (Å²) in [5.74, 6) is 0.550. The highest BCUT2D eigenvalue weighted by molar-refractivity contribution is 5.75. The number of hydrogen-bond donors (Lipinski definition) is 0. The molecule has 0 atom stereocenters. The third-order valence-corrected chi connectivity index (χ3v) is 3.61. The molecule has 5 nitrogen and oxygen atoms in total. The number of esters is 1. The summed E-state index contributed by atoms with van der Waals surface area (Å²) >= 11 is 0. The zero-order valence-electron chi connectivity index (χ0n) is 12.3. The second kappa shape index (κ2) is 7.67. The fourth-order valence-electron chi connectivity index (χ4n) is 2.37. The lowest BCUT2D eigenvalue weighted by Gasteiger charge is -2.30. The van der Waals surface area contributed by atoms with Crippen molar-refractivity contribution in [2.24, 2.45) is 5.92 Å². The smallest absolute Gasteiger partial charge is 0.309 e. The van der Waals surface area contributed by atoms with E-state index in [2.05, 4.69) is 0 Å². The highest BCUT2D eigenvalue weighted by Crippen LogP contribution is 2.18. The zero-order chi connectivity index (χ0) is 15.1. The Labute approximate surface area is 124 Å². The van der Waals surface area contributed by atoms with Crippen molar-refractivity contribution >= 4 is 11.9 Å². The number of rotatable bonds is 5. The van der Waals surface area contributed by atoms with E-state index in [0.717, 1.165) is 5.75 Å². The van der Waals surface area contributed by atoms with Crippen LogP contribution in [0.2, 0.25) is 0 Å². The van der Waals surface area contributed by atoms with Crippen LogP contribution in [0.3, 0.4) is 0 Å². The Balaban J connectivity index is 1.63. The molecule has 114 valence electrons. The summed E-state index contributed by atoms with van der Waals surface area (Å²) in [5.41, 5.74) is 0. The first kappa shape index (κ1) is 15.4. The lowest BCUT2D eigenvalue weighted by Crippen LogP contribution is -2.39. The zero-order valence-corrected chi connectivity index (χ0v) is 12.3. The average molecular weight is 291 g/mol. The van der Waals surface area contributed by atoms with Crippen LogP contribution in [-0.4, -0.2) is 43.1 Å². The number of hydrogen-bond acceptors (Lipinski definition) is 4. The molecule has 1 aliphatic heterocycles.